The number of hydrogen-bond acceptors (Lipinski definition) is 7. The first-order chi connectivity index (χ1) is 13.0. The number of carboxylic acids is 1. The van der Waals surface area contributed by atoms with Crippen molar-refractivity contribution in [1.82, 2.24) is 16.0 Å². The lowest BCUT2D eigenvalue weighted by atomic mass is 10.0. The van der Waals surface area contributed by atoms with Crippen LogP contribution < -0.4 is 27.4 Å². The first kappa shape index (κ1) is 26.1. The lowest BCUT2D eigenvalue weighted by Crippen LogP contribution is -2.57. The molecule has 0 aliphatic rings. The molecular weight excluding hydrogens is 386 g/mol. The van der Waals surface area contributed by atoms with E-state index in [0.29, 0.717) is 19.4 Å². The molecule has 0 aliphatic carbocycles. The maximum Gasteiger partial charge on any atom is 0.325 e. The van der Waals surface area contributed by atoms with Crippen molar-refractivity contribution in [2.45, 2.75) is 64.2 Å². The van der Waals surface area contributed by atoms with Crippen LogP contribution in [0.5, 0.6) is 0 Å². The number of carboxylic acid groups (broad SMARTS) is 1. The molecule has 0 aromatic carbocycles. The van der Waals surface area contributed by atoms with Crippen molar-refractivity contribution in [2.24, 2.45) is 17.4 Å². The molecule has 8 N–H and O–H groups in total. The van der Waals surface area contributed by atoms with Crippen LogP contribution in [0.4, 0.5) is 0 Å². The molecule has 0 bridgehead atoms. The second-order valence-corrected chi connectivity index (χ2v) is 7.29. The van der Waals surface area contributed by atoms with E-state index in [1.165, 1.54) is 6.92 Å². The number of hydrogen-bond donors (Lipinski definition) is 7. The van der Waals surface area contributed by atoms with Crippen LogP contribution in [0, 0.1) is 5.92 Å². The van der Waals surface area contributed by atoms with E-state index in [9.17, 15) is 19.2 Å². The monoisotopic (exact) mass is 419 g/mol. The highest BCUT2D eigenvalue weighted by Crippen LogP contribution is 2.04. The Morgan fingerprint density at radius 1 is 0.929 bits per heavy atom. The number of rotatable bonds is 13. The molecular formula is C17H33N5O5S. The van der Waals surface area contributed by atoms with Crippen molar-refractivity contribution >= 4 is 36.3 Å². The van der Waals surface area contributed by atoms with Crippen molar-refractivity contribution in [1.29, 1.82) is 0 Å². The van der Waals surface area contributed by atoms with Crippen molar-refractivity contribution in [3.8, 4) is 0 Å². The quantitative estimate of drug-likeness (QED) is 0.142. The third-order valence-electron chi connectivity index (χ3n) is 4.15. The molecule has 162 valence electrons. The van der Waals surface area contributed by atoms with E-state index in [1.54, 1.807) is 13.8 Å². The lowest BCUT2D eigenvalue weighted by Gasteiger charge is -2.24. The van der Waals surface area contributed by atoms with Crippen LogP contribution >= 0.6 is 12.6 Å². The van der Waals surface area contributed by atoms with Crippen molar-refractivity contribution in [3.63, 3.8) is 0 Å². The Hall–Kier alpha value is -1.85. The summed E-state index contributed by atoms with van der Waals surface area (Å²) in [5.41, 5.74) is 11.2. The van der Waals surface area contributed by atoms with Crippen LogP contribution in [0.25, 0.3) is 0 Å². The first-order valence-corrected chi connectivity index (χ1v) is 9.88. The highest BCUT2D eigenvalue weighted by molar-refractivity contribution is 7.80. The molecule has 0 radical (unpaired) electrons. The van der Waals surface area contributed by atoms with Gasteiger partial charge in [-0.1, -0.05) is 13.8 Å². The molecule has 4 atom stereocenters. The normalized spacial score (nSPS) is 15.2. The first-order valence-electron chi connectivity index (χ1n) is 9.25. The summed E-state index contributed by atoms with van der Waals surface area (Å²) in [6, 6.07) is -3.83. The number of carbonyl (C=O) groups is 4. The molecule has 28 heavy (non-hydrogen) atoms. The van der Waals surface area contributed by atoms with Crippen LogP contribution in [0.3, 0.4) is 0 Å². The smallest absolute Gasteiger partial charge is 0.325 e. The van der Waals surface area contributed by atoms with Crippen molar-refractivity contribution in [2.75, 3.05) is 12.3 Å². The standard InChI is InChI=1S/C17H33N5O5S/c1-9(2)13(19)16(25)22-12(8-28)15(24)21-11(6-4-5-7-18)14(23)20-10(3)17(26)27/h9-13,28H,4-8,18-19H2,1-3H3,(H,20,23)(H,21,24)(H,22,25)(H,26,27)/t10-,11-,12-,13-/m0/s1. The topological polar surface area (TPSA) is 177 Å². The number of thiol groups is 1. The average Bonchev–Trinajstić information content (AvgIpc) is 2.63. The number of aliphatic carboxylic acids is 1. The number of nitrogens with two attached hydrogens (primary N) is 2. The third-order valence-corrected chi connectivity index (χ3v) is 4.51. The summed E-state index contributed by atoms with van der Waals surface area (Å²) in [6.45, 7) is 5.31. The average molecular weight is 420 g/mol. The minimum Gasteiger partial charge on any atom is -0.480 e. The predicted molar refractivity (Wildman–Crippen MR) is 109 cm³/mol. The Bertz CT molecular complexity index is 546. The lowest BCUT2D eigenvalue weighted by molar-refractivity contribution is -0.141. The maximum atomic E-state index is 12.5. The SMILES string of the molecule is CC(C)[C@H](N)C(=O)N[C@@H](CS)C(=O)N[C@@H](CCCCN)C(=O)N[C@@H](C)C(=O)O. The predicted octanol–water partition coefficient (Wildman–Crippen LogP) is -1.41. The third kappa shape index (κ3) is 9.38. The van der Waals surface area contributed by atoms with Crippen LogP contribution in [0.15, 0.2) is 0 Å². The molecule has 0 unspecified atom stereocenters. The summed E-state index contributed by atoms with van der Waals surface area (Å²) in [6.07, 6.45) is 1.48. The summed E-state index contributed by atoms with van der Waals surface area (Å²) in [5, 5.41) is 16.3. The van der Waals surface area contributed by atoms with Gasteiger partial charge in [0.05, 0.1) is 6.04 Å². The zero-order valence-corrected chi connectivity index (χ0v) is 17.5. The van der Waals surface area contributed by atoms with E-state index in [1.807, 2.05) is 0 Å². The fourth-order valence-corrected chi connectivity index (χ4v) is 2.43. The minimum atomic E-state index is -1.19. The van der Waals surface area contributed by atoms with E-state index in [0.717, 1.165) is 0 Å². The van der Waals surface area contributed by atoms with Gasteiger partial charge in [-0.25, -0.2) is 0 Å². The number of unbranched alkanes of at least 4 members (excludes halogenated alkanes) is 1. The van der Waals surface area contributed by atoms with Gasteiger partial charge in [0, 0.05) is 5.75 Å². The van der Waals surface area contributed by atoms with Gasteiger partial charge in [-0.3, -0.25) is 19.2 Å². The van der Waals surface area contributed by atoms with E-state index in [-0.39, 0.29) is 18.1 Å². The summed E-state index contributed by atoms with van der Waals surface area (Å²) in [4.78, 5) is 48.0. The molecule has 0 saturated carbocycles. The Morgan fingerprint density at radius 3 is 1.93 bits per heavy atom. The fourth-order valence-electron chi connectivity index (χ4n) is 2.17. The summed E-state index contributed by atoms with van der Waals surface area (Å²) >= 11 is 4.08. The molecule has 0 fully saturated rings. The Balaban J connectivity index is 5.08. The number of nitrogens with one attached hydrogen (secondary N) is 3. The van der Waals surface area contributed by atoms with Gasteiger partial charge >= 0.3 is 5.97 Å². The highest BCUT2D eigenvalue weighted by Gasteiger charge is 2.29. The van der Waals surface area contributed by atoms with Gasteiger partial charge in [-0.2, -0.15) is 12.6 Å². The van der Waals surface area contributed by atoms with Gasteiger partial charge in [0.2, 0.25) is 17.7 Å². The van der Waals surface area contributed by atoms with Crippen molar-refractivity contribution < 1.29 is 24.3 Å². The molecule has 0 saturated heterocycles. The fraction of sp³-hybridized carbons (Fsp3) is 0.765. The summed E-state index contributed by atoms with van der Waals surface area (Å²) in [5.74, 6) is -3.02. The molecule has 0 aromatic heterocycles. The molecule has 0 aliphatic heterocycles. The van der Waals surface area contributed by atoms with Gasteiger partial charge < -0.3 is 32.5 Å². The van der Waals surface area contributed by atoms with Gasteiger partial charge in [-0.05, 0) is 38.6 Å². The highest BCUT2D eigenvalue weighted by atomic mass is 32.1. The van der Waals surface area contributed by atoms with E-state index in [2.05, 4.69) is 28.6 Å². The summed E-state index contributed by atoms with van der Waals surface area (Å²) in [7, 11) is 0. The van der Waals surface area contributed by atoms with Gasteiger partial charge in [0.1, 0.15) is 18.1 Å². The molecule has 0 heterocycles. The van der Waals surface area contributed by atoms with Crippen molar-refractivity contribution in [3.05, 3.63) is 0 Å². The molecule has 0 rings (SSSR count). The van der Waals surface area contributed by atoms with Crippen LogP contribution in [0.1, 0.15) is 40.0 Å². The second-order valence-electron chi connectivity index (χ2n) is 6.93. The number of carbonyl (C=O) groups excluding carboxylic acids is 3. The van der Waals surface area contributed by atoms with Crippen LogP contribution in [0.2, 0.25) is 0 Å². The zero-order chi connectivity index (χ0) is 21.9. The zero-order valence-electron chi connectivity index (χ0n) is 16.6. The Kier molecular flexibility index (Phi) is 12.5. The van der Waals surface area contributed by atoms with Gasteiger partial charge in [0.25, 0.3) is 0 Å². The molecule has 3 amide bonds. The Labute approximate surface area is 171 Å². The maximum absolute atomic E-state index is 12.5. The van der Waals surface area contributed by atoms with E-state index in [4.69, 9.17) is 16.6 Å². The van der Waals surface area contributed by atoms with Crippen LogP contribution in [-0.4, -0.2) is 65.3 Å². The molecule has 0 aromatic rings. The van der Waals surface area contributed by atoms with E-state index >= 15 is 0 Å². The second kappa shape index (κ2) is 13.3. The molecule has 0 spiro atoms. The molecule has 10 nitrogen and oxygen atoms in total. The van der Waals surface area contributed by atoms with Gasteiger partial charge in [-0.15, -0.1) is 0 Å². The largest absolute Gasteiger partial charge is 0.480 e. The minimum absolute atomic E-state index is 0.00502. The van der Waals surface area contributed by atoms with Gasteiger partial charge in [0.15, 0.2) is 0 Å². The van der Waals surface area contributed by atoms with E-state index < -0.39 is 47.9 Å². The van der Waals surface area contributed by atoms with Crippen LogP contribution in [-0.2, 0) is 19.2 Å². The summed E-state index contributed by atoms with van der Waals surface area (Å²) < 4.78 is 0. The Morgan fingerprint density at radius 2 is 1.46 bits per heavy atom. The number of amides is 3. The molecule has 11 heteroatoms.